The Hall–Kier alpha value is -2.27. The summed E-state index contributed by atoms with van der Waals surface area (Å²) < 4.78 is 38.0. The molecule has 30 heavy (non-hydrogen) atoms. The Labute approximate surface area is 183 Å². The lowest BCUT2D eigenvalue weighted by Crippen LogP contribution is -2.40. The highest BCUT2D eigenvalue weighted by Gasteiger charge is 2.29. The molecule has 0 saturated carbocycles. The number of hydrogen-bond acceptors (Lipinski definition) is 6. The van der Waals surface area contributed by atoms with Gasteiger partial charge in [0.2, 0.25) is 10.0 Å². The molecule has 10 heteroatoms. The van der Waals surface area contributed by atoms with Crippen LogP contribution in [0.5, 0.6) is 0 Å². The zero-order valence-electron chi connectivity index (χ0n) is 16.2. The number of benzene rings is 2. The number of amides is 1. The van der Waals surface area contributed by atoms with Gasteiger partial charge < -0.3 is 14.8 Å². The maximum absolute atomic E-state index is 12.9. The van der Waals surface area contributed by atoms with Crippen molar-refractivity contribution in [3.63, 3.8) is 0 Å². The second-order valence-corrected chi connectivity index (χ2v) is 9.33. The summed E-state index contributed by atoms with van der Waals surface area (Å²) in [6.45, 7) is 2.54. The standard InChI is InChI=1S/C20H21BrN2O6S/c1-14(19(24)22-16-5-3-2-4-6-16)29-20(25)15-7-8-17(21)18(13-15)30(26,27)23-9-11-28-12-10-23/h2-8,13-14H,9-12H2,1H3,(H,22,24). The minimum atomic E-state index is -3.81. The molecule has 1 aliphatic heterocycles. The van der Waals surface area contributed by atoms with Gasteiger partial charge in [-0.1, -0.05) is 18.2 Å². The van der Waals surface area contributed by atoms with Gasteiger partial charge in [0.15, 0.2) is 6.10 Å². The van der Waals surface area contributed by atoms with E-state index in [9.17, 15) is 18.0 Å². The van der Waals surface area contributed by atoms with E-state index in [1.165, 1.54) is 29.4 Å². The molecule has 1 amide bonds. The van der Waals surface area contributed by atoms with Gasteiger partial charge in [0.05, 0.1) is 23.7 Å². The number of hydrogen-bond donors (Lipinski definition) is 1. The van der Waals surface area contributed by atoms with Crippen LogP contribution in [-0.4, -0.2) is 57.0 Å². The van der Waals surface area contributed by atoms with Gasteiger partial charge in [-0.3, -0.25) is 4.79 Å². The number of esters is 1. The third-order valence-corrected chi connectivity index (χ3v) is 7.34. The quantitative estimate of drug-likeness (QED) is 0.616. The molecule has 1 atom stereocenters. The molecule has 2 aromatic rings. The van der Waals surface area contributed by atoms with E-state index >= 15 is 0 Å². The number of ether oxygens (including phenoxy) is 2. The number of carbonyl (C=O) groups is 2. The van der Waals surface area contributed by atoms with Crippen LogP contribution in [0.2, 0.25) is 0 Å². The van der Waals surface area contributed by atoms with E-state index in [2.05, 4.69) is 21.2 Å². The Morgan fingerprint density at radius 2 is 1.80 bits per heavy atom. The van der Waals surface area contributed by atoms with E-state index in [1.807, 2.05) is 6.07 Å². The minimum absolute atomic E-state index is 0.0318. The summed E-state index contributed by atoms with van der Waals surface area (Å²) in [6, 6.07) is 12.9. The molecule has 1 fully saturated rings. The summed E-state index contributed by atoms with van der Waals surface area (Å²) in [5.41, 5.74) is 0.609. The maximum Gasteiger partial charge on any atom is 0.338 e. The van der Waals surface area contributed by atoms with Crippen molar-refractivity contribution < 1.29 is 27.5 Å². The average Bonchev–Trinajstić information content (AvgIpc) is 2.75. The van der Waals surface area contributed by atoms with Crippen LogP contribution in [0, 0.1) is 0 Å². The molecule has 160 valence electrons. The molecule has 0 radical (unpaired) electrons. The molecule has 2 aromatic carbocycles. The monoisotopic (exact) mass is 496 g/mol. The first kappa shape index (κ1) is 22.4. The lowest BCUT2D eigenvalue weighted by Gasteiger charge is -2.26. The van der Waals surface area contributed by atoms with Crippen molar-refractivity contribution in [1.82, 2.24) is 4.31 Å². The van der Waals surface area contributed by atoms with E-state index < -0.39 is 28.0 Å². The predicted octanol–water partition coefficient (Wildman–Crippen LogP) is 2.65. The molecule has 8 nitrogen and oxygen atoms in total. The first-order valence-electron chi connectivity index (χ1n) is 9.23. The van der Waals surface area contributed by atoms with Crippen LogP contribution in [-0.2, 0) is 24.3 Å². The predicted molar refractivity (Wildman–Crippen MR) is 114 cm³/mol. The largest absolute Gasteiger partial charge is 0.449 e. The maximum atomic E-state index is 12.9. The Bertz CT molecular complexity index is 1020. The highest BCUT2D eigenvalue weighted by atomic mass is 79.9. The third kappa shape index (κ3) is 5.25. The smallest absolute Gasteiger partial charge is 0.338 e. The van der Waals surface area contributed by atoms with E-state index in [0.29, 0.717) is 23.4 Å². The molecule has 1 unspecified atom stereocenters. The fraction of sp³-hybridized carbons (Fsp3) is 0.300. The minimum Gasteiger partial charge on any atom is -0.449 e. The molecule has 0 aromatic heterocycles. The van der Waals surface area contributed by atoms with E-state index in [4.69, 9.17) is 9.47 Å². The number of morpholine rings is 1. The molecular formula is C20H21BrN2O6S. The molecule has 1 N–H and O–H groups in total. The first-order chi connectivity index (χ1) is 14.3. The second-order valence-electron chi connectivity index (χ2n) is 6.56. The van der Waals surface area contributed by atoms with Crippen molar-refractivity contribution in [1.29, 1.82) is 0 Å². The number of rotatable bonds is 6. The SMILES string of the molecule is CC(OC(=O)c1ccc(Br)c(S(=O)(=O)N2CCOCC2)c1)C(=O)Nc1ccccc1. The number of nitrogens with zero attached hydrogens (tertiary/aromatic N) is 1. The van der Waals surface area contributed by atoms with E-state index in [1.54, 1.807) is 24.3 Å². The Balaban J connectivity index is 1.73. The molecular weight excluding hydrogens is 476 g/mol. The Morgan fingerprint density at radius 1 is 1.13 bits per heavy atom. The molecule has 3 rings (SSSR count). The van der Waals surface area contributed by atoms with Crippen LogP contribution >= 0.6 is 15.9 Å². The van der Waals surface area contributed by atoms with Gasteiger partial charge in [-0.25, -0.2) is 13.2 Å². The lowest BCUT2D eigenvalue weighted by atomic mass is 10.2. The number of halogens is 1. The molecule has 0 spiro atoms. The summed E-state index contributed by atoms with van der Waals surface area (Å²) in [5, 5.41) is 2.65. The van der Waals surface area contributed by atoms with Gasteiger partial charge in [-0.15, -0.1) is 0 Å². The van der Waals surface area contributed by atoms with Crippen molar-refractivity contribution in [2.45, 2.75) is 17.9 Å². The summed E-state index contributed by atoms with van der Waals surface area (Å²) in [5.74, 6) is -1.29. The molecule has 0 bridgehead atoms. The number of nitrogens with one attached hydrogen (secondary N) is 1. The van der Waals surface area contributed by atoms with Crippen molar-refractivity contribution in [3.8, 4) is 0 Å². The Morgan fingerprint density at radius 3 is 2.47 bits per heavy atom. The van der Waals surface area contributed by atoms with Crippen LogP contribution in [0.3, 0.4) is 0 Å². The fourth-order valence-electron chi connectivity index (χ4n) is 2.80. The molecule has 1 heterocycles. The van der Waals surface area contributed by atoms with Gasteiger partial charge in [-0.2, -0.15) is 4.31 Å². The summed E-state index contributed by atoms with van der Waals surface area (Å²) >= 11 is 3.24. The van der Waals surface area contributed by atoms with Crippen molar-refractivity contribution in [3.05, 3.63) is 58.6 Å². The second kappa shape index (κ2) is 9.69. The highest BCUT2D eigenvalue weighted by Crippen LogP contribution is 2.27. The molecule has 1 aliphatic rings. The number of carbonyl (C=O) groups excluding carboxylic acids is 2. The van der Waals surface area contributed by atoms with Crippen LogP contribution in [0.4, 0.5) is 5.69 Å². The van der Waals surface area contributed by atoms with Crippen molar-refractivity contribution in [2.24, 2.45) is 0 Å². The van der Waals surface area contributed by atoms with Gasteiger partial charge >= 0.3 is 5.97 Å². The average molecular weight is 497 g/mol. The Kier molecular flexibility index (Phi) is 7.24. The molecule has 1 saturated heterocycles. The van der Waals surface area contributed by atoms with Crippen molar-refractivity contribution >= 4 is 43.5 Å². The van der Waals surface area contributed by atoms with Crippen LogP contribution in [0.15, 0.2) is 57.9 Å². The van der Waals surface area contributed by atoms with Crippen molar-refractivity contribution in [2.75, 3.05) is 31.6 Å². The number of sulfonamides is 1. The zero-order chi connectivity index (χ0) is 21.7. The van der Waals surface area contributed by atoms with Crippen LogP contribution in [0.25, 0.3) is 0 Å². The van der Waals surface area contributed by atoms with Crippen LogP contribution in [0.1, 0.15) is 17.3 Å². The highest BCUT2D eigenvalue weighted by molar-refractivity contribution is 9.10. The van der Waals surface area contributed by atoms with E-state index in [-0.39, 0.29) is 23.5 Å². The summed E-state index contributed by atoms with van der Waals surface area (Å²) in [4.78, 5) is 24.7. The summed E-state index contributed by atoms with van der Waals surface area (Å²) in [6.07, 6.45) is -1.07. The molecule has 0 aliphatic carbocycles. The number of para-hydroxylation sites is 1. The summed E-state index contributed by atoms with van der Waals surface area (Å²) in [7, 11) is -3.81. The number of anilines is 1. The third-order valence-electron chi connectivity index (χ3n) is 4.45. The van der Waals surface area contributed by atoms with Gasteiger partial charge in [-0.05, 0) is 53.2 Å². The van der Waals surface area contributed by atoms with Gasteiger partial charge in [0.25, 0.3) is 5.91 Å². The van der Waals surface area contributed by atoms with Gasteiger partial charge in [0, 0.05) is 23.2 Å². The lowest BCUT2D eigenvalue weighted by molar-refractivity contribution is -0.123. The topological polar surface area (TPSA) is 102 Å². The zero-order valence-corrected chi connectivity index (χ0v) is 18.6. The van der Waals surface area contributed by atoms with Gasteiger partial charge in [0.1, 0.15) is 0 Å². The first-order valence-corrected chi connectivity index (χ1v) is 11.5. The van der Waals surface area contributed by atoms with Crippen LogP contribution < -0.4 is 5.32 Å². The normalized spacial score (nSPS) is 15.9. The van der Waals surface area contributed by atoms with E-state index in [0.717, 1.165) is 0 Å². The fourth-order valence-corrected chi connectivity index (χ4v) is 5.16.